The highest BCUT2D eigenvalue weighted by atomic mass is 16.3. The molecule has 1 heterocycles. The molecule has 1 unspecified atom stereocenters. The van der Waals surface area contributed by atoms with E-state index < -0.39 is 5.54 Å². The van der Waals surface area contributed by atoms with Gasteiger partial charge < -0.3 is 10.4 Å². The molecule has 5 nitrogen and oxygen atoms in total. The van der Waals surface area contributed by atoms with Crippen LogP contribution in [0.2, 0.25) is 0 Å². The minimum atomic E-state index is -0.583. The number of benzene rings is 1. The van der Waals surface area contributed by atoms with Crippen molar-refractivity contribution in [3.63, 3.8) is 0 Å². The maximum absolute atomic E-state index is 12.1. The van der Waals surface area contributed by atoms with Crippen LogP contribution < -0.4 is 5.32 Å². The minimum absolute atomic E-state index is 0.0818. The van der Waals surface area contributed by atoms with Gasteiger partial charge in [-0.1, -0.05) is 13.0 Å². The molecule has 2 aromatic rings. The third-order valence-corrected chi connectivity index (χ3v) is 3.25. The first-order chi connectivity index (χ1) is 8.58. The number of hydrogen-bond donors (Lipinski definition) is 3. The monoisotopic (exact) mass is 247 g/mol. The molecule has 0 aliphatic rings. The number of aliphatic hydroxyl groups excluding tert-OH is 1. The summed E-state index contributed by atoms with van der Waals surface area (Å²) < 4.78 is 0. The van der Waals surface area contributed by atoms with Gasteiger partial charge in [0.2, 0.25) is 0 Å². The van der Waals surface area contributed by atoms with Gasteiger partial charge in [-0.25, -0.2) is 0 Å². The normalized spacial score (nSPS) is 14.4. The van der Waals surface area contributed by atoms with Crippen molar-refractivity contribution in [2.75, 3.05) is 6.61 Å². The van der Waals surface area contributed by atoms with Crippen LogP contribution in [-0.2, 0) is 0 Å². The lowest BCUT2D eigenvalue weighted by Gasteiger charge is -2.27. The predicted octanol–water partition coefficient (Wildman–Crippen LogP) is 1.45. The summed E-state index contributed by atoms with van der Waals surface area (Å²) in [6.45, 7) is 3.66. The SMILES string of the molecule is CCC(C)(CO)NC(=O)c1ccc2cn[nH]c2c1. The Labute approximate surface area is 105 Å². The molecular formula is C13H17N3O2. The Morgan fingerprint density at radius 3 is 3.00 bits per heavy atom. The Morgan fingerprint density at radius 2 is 2.33 bits per heavy atom. The summed E-state index contributed by atoms with van der Waals surface area (Å²) in [6, 6.07) is 5.35. The van der Waals surface area contributed by atoms with Gasteiger partial charge in [-0.05, 0) is 25.5 Å². The Hall–Kier alpha value is -1.88. The van der Waals surface area contributed by atoms with E-state index in [-0.39, 0.29) is 12.5 Å². The van der Waals surface area contributed by atoms with Crippen molar-refractivity contribution in [1.29, 1.82) is 0 Å². The Morgan fingerprint density at radius 1 is 1.56 bits per heavy atom. The number of aromatic nitrogens is 2. The smallest absolute Gasteiger partial charge is 0.251 e. The van der Waals surface area contributed by atoms with Gasteiger partial charge in [-0.15, -0.1) is 0 Å². The number of carbonyl (C=O) groups excluding carboxylic acids is 1. The second-order valence-electron chi connectivity index (χ2n) is 4.70. The number of nitrogens with zero attached hydrogens (tertiary/aromatic N) is 1. The highest BCUT2D eigenvalue weighted by Gasteiger charge is 2.23. The molecule has 1 atom stereocenters. The van der Waals surface area contributed by atoms with E-state index in [0.29, 0.717) is 12.0 Å². The molecule has 0 aliphatic heterocycles. The fourth-order valence-electron chi connectivity index (χ4n) is 1.66. The number of H-pyrrole nitrogens is 1. The number of aromatic amines is 1. The Bertz CT molecular complexity index is 558. The van der Waals surface area contributed by atoms with Gasteiger partial charge in [-0.3, -0.25) is 9.89 Å². The number of rotatable bonds is 4. The fraction of sp³-hybridized carbons (Fsp3) is 0.385. The van der Waals surface area contributed by atoms with E-state index in [1.54, 1.807) is 18.3 Å². The third-order valence-electron chi connectivity index (χ3n) is 3.25. The van der Waals surface area contributed by atoms with E-state index in [1.165, 1.54) is 0 Å². The predicted molar refractivity (Wildman–Crippen MR) is 69.3 cm³/mol. The molecule has 18 heavy (non-hydrogen) atoms. The molecule has 2 rings (SSSR count). The first kappa shape index (κ1) is 12.6. The molecule has 1 aromatic heterocycles. The third kappa shape index (κ3) is 2.36. The maximum Gasteiger partial charge on any atom is 0.251 e. The van der Waals surface area contributed by atoms with Crippen molar-refractivity contribution in [2.24, 2.45) is 0 Å². The van der Waals surface area contributed by atoms with Gasteiger partial charge in [0.25, 0.3) is 5.91 Å². The lowest BCUT2D eigenvalue weighted by Crippen LogP contribution is -2.48. The van der Waals surface area contributed by atoms with E-state index >= 15 is 0 Å². The minimum Gasteiger partial charge on any atom is -0.394 e. The molecule has 3 N–H and O–H groups in total. The van der Waals surface area contributed by atoms with Gasteiger partial charge in [0.05, 0.1) is 23.9 Å². The van der Waals surface area contributed by atoms with Gasteiger partial charge in [0.1, 0.15) is 0 Å². The number of nitrogens with one attached hydrogen (secondary N) is 2. The lowest BCUT2D eigenvalue weighted by atomic mass is 9.99. The van der Waals surface area contributed by atoms with Crippen molar-refractivity contribution in [2.45, 2.75) is 25.8 Å². The average Bonchev–Trinajstić information content (AvgIpc) is 2.85. The largest absolute Gasteiger partial charge is 0.394 e. The first-order valence-electron chi connectivity index (χ1n) is 5.94. The van der Waals surface area contributed by atoms with Crippen LogP contribution in [0.3, 0.4) is 0 Å². The Balaban J connectivity index is 2.22. The van der Waals surface area contributed by atoms with Crippen LogP contribution in [0.4, 0.5) is 0 Å². The number of hydrogen-bond acceptors (Lipinski definition) is 3. The van der Waals surface area contributed by atoms with Gasteiger partial charge in [0.15, 0.2) is 0 Å². The Kier molecular flexibility index (Phi) is 3.34. The molecular weight excluding hydrogens is 230 g/mol. The summed E-state index contributed by atoms with van der Waals surface area (Å²) in [5.41, 5.74) is 0.796. The van der Waals surface area contributed by atoms with Gasteiger partial charge in [-0.2, -0.15) is 5.10 Å². The van der Waals surface area contributed by atoms with E-state index in [9.17, 15) is 9.90 Å². The lowest BCUT2D eigenvalue weighted by molar-refractivity contribution is 0.0847. The van der Waals surface area contributed by atoms with Gasteiger partial charge in [0, 0.05) is 10.9 Å². The number of fused-ring (bicyclic) bond motifs is 1. The summed E-state index contributed by atoms with van der Waals surface area (Å²) in [5.74, 6) is -0.190. The van der Waals surface area contributed by atoms with Gasteiger partial charge >= 0.3 is 0 Å². The van der Waals surface area contributed by atoms with Crippen molar-refractivity contribution in [3.8, 4) is 0 Å². The van der Waals surface area contributed by atoms with Crippen molar-refractivity contribution in [3.05, 3.63) is 30.0 Å². The number of carbonyl (C=O) groups is 1. The highest BCUT2D eigenvalue weighted by molar-refractivity contribution is 5.98. The summed E-state index contributed by atoms with van der Waals surface area (Å²) in [4.78, 5) is 12.1. The summed E-state index contributed by atoms with van der Waals surface area (Å²) in [7, 11) is 0. The molecule has 1 aromatic carbocycles. The quantitative estimate of drug-likeness (QED) is 0.765. The van der Waals surface area contributed by atoms with E-state index in [1.807, 2.05) is 19.9 Å². The zero-order chi connectivity index (χ0) is 13.2. The second kappa shape index (κ2) is 4.78. The summed E-state index contributed by atoms with van der Waals surface area (Å²) in [6.07, 6.45) is 2.38. The first-order valence-corrected chi connectivity index (χ1v) is 5.94. The zero-order valence-corrected chi connectivity index (χ0v) is 10.5. The molecule has 0 aliphatic carbocycles. The molecule has 0 bridgehead atoms. The van der Waals surface area contributed by atoms with Crippen LogP contribution in [0.1, 0.15) is 30.6 Å². The molecule has 96 valence electrons. The molecule has 0 saturated carbocycles. The topological polar surface area (TPSA) is 78.0 Å². The second-order valence-corrected chi connectivity index (χ2v) is 4.70. The zero-order valence-electron chi connectivity index (χ0n) is 10.5. The molecule has 0 spiro atoms. The standard InChI is InChI=1S/C13H17N3O2/c1-3-13(2,8-17)15-12(18)9-4-5-10-7-14-16-11(10)6-9/h4-7,17H,3,8H2,1-2H3,(H,14,16)(H,15,18). The fourth-order valence-corrected chi connectivity index (χ4v) is 1.66. The molecule has 5 heteroatoms. The van der Waals surface area contributed by atoms with Crippen LogP contribution in [0.25, 0.3) is 10.9 Å². The average molecular weight is 247 g/mol. The van der Waals surface area contributed by atoms with E-state index in [2.05, 4.69) is 15.5 Å². The van der Waals surface area contributed by atoms with Crippen molar-refractivity contribution < 1.29 is 9.90 Å². The summed E-state index contributed by atoms with van der Waals surface area (Å²) >= 11 is 0. The number of amides is 1. The number of aliphatic hydroxyl groups is 1. The maximum atomic E-state index is 12.1. The van der Waals surface area contributed by atoms with Crippen molar-refractivity contribution in [1.82, 2.24) is 15.5 Å². The van der Waals surface area contributed by atoms with Crippen LogP contribution >= 0.6 is 0 Å². The molecule has 0 fully saturated rings. The van der Waals surface area contributed by atoms with Crippen LogP contribution in [0, 0.1) is 0 Å². The summed E-state index contributed by atoms with van der Waals surface area (Å²) in [5, 5.41) is 19.8. The molecule has 1 amide bonds. The van der Waals surface area contributed by atoms with E-state index in [0.717, 1.165) is 10.9 Å². The molecule has 0 radical (unpaired) electrons. The van der Waals surface area contributed by atoms with Crippen LogP contribution in [0.5, 0.6) is 0 Å². The highest BCUT2D eigenvalue weighted by Crippen LogP contribution is 2.14. The van der Waals surface area contributed by atoms with Crippen LogP contribution in [-0.4, -0.2) is 33.4 Å². The molecule has 0 saturated heterocycles. The van der Waals surface area contributed by atoms with E-state index in [4.69, 9.17) is 0 Å². The van der Waals surface area contributed by atoms with Crippen LogP contribution in [0.15, 0.2) is 24.4 Å². The van der Waals surface area contributed by atoms with Crippen molar-refractivity contribution >= 4 is 16.8 Å².